The van der Waals surface area contributed by atoms with Gasteiger partial charge in [0.2, 0.25) is 17.7 Å². The van der Waals surface area contributed by atoms with E-state index < -0.39 is 0 Å². The van der Waals surface area contributed by atoms with E-state index in [-0.39, 0.29) is 0 Å². The van der Waals surface area contributed by atoms with E-state index >= 15 is 0 Å². The van der Waals surface area contributed by atoms with Crippen LogP contribution in [0.2, 0.25) is 0 Å². The Morgan fingerprint density at radius 3 is 3.35 bits per heavy atom. The Morgan fingerprint density at radius 1 is 1.47 bits per heavy atom. The van der Waals surface area contributed by atoms with Crippen LogP contribution in [-0.2, 0) is 6.54 Å². The molecule has 3 rings (SSSR count). The highest BCUT2D eigenvalue weighted by Gasteiger charge is 2.06. The molecule has 0 bridgehead atoms. The average molecular weight is 224 g/mol. The van der Waals surface area contributed by atoms with E-state index in [0.29, 0.717) is 6.54 Å². The molecule has 0 aliphatic rings. The summed E-state index contributed by atoms with van der Waals surface area (Å²) in [7, 11) is 0. The molecule has 3 heterocycles. The van der Waals surface area contributed by atoms with Crippen molar-refractivity contribution in [2.45, 2.75) is 6.54 Å². The van der Waals surface area contributed by atoms with Crippen molar-refractivity contribution in [1.82, 2.24) is 19.5 Å². The lowest BCUT2D eigenvalue weighted by Crippen LogP contribution is -2.05. The van der Waals surface area contributed by atoms with E-state index in [1.807, 2.05) is 23.0 Å². The number of hydrogen-bond acceptors (Lipinski definition) is 2. The Kier molecular flexibility index (Phi) is 2.32. The fraction of sp³-hybridized carbons (Fsp3) is 0.0833. The van der Waals surface area contributed by atoms with Gasteiger partial charge in [-0.3, -0.25) is 4.98 Å². The third-order valence-electron chi connectivity index (χ3n) is 2.43. The first-order chi connectivity index (χ1) is 8.43. The normalized spacial score (nSPS) is 10.1. The number of H-pyrrole nitrogens is 2. The lowest BCUT2D eigenvalue weighted by atomic mass is 10.3. The van der Waals surface area contributed by atoms with Gasteiger partial charge < -0.3 is 4.57 Å². The zero-order chi connectivity index (χ0) is 11.5. The fourth-order valence-electron chi connectivity index (χ4n) is 1.61. The van der Waals surface area contributed by atoms with Gasteiger partial charge in [0.1, 0.15) is 5.39 Å². The van der Waals surface area contributed by atoms with Crippen LogP contribution in [-0.4, -0.2) is 19.5 Å². The molecule has 5 heteroatoms. The molecule has 0 aliphatic carbocycles. The molecule has 0 spiro atoms. The smallest absolute Gasteiger partial charge is 0.235 e. The fourth-order valence-corrected chi connectivity index (χ4v) is 1.61. The van der Waals surface area contributed by atoms with Crippen molar-refractivity contribution in [3.63, 3.8) is 0 Å². The molecule has 0 saturated carbocycles. The number of aromatic nitrogens is 5. The second-order valence-corrected chi connectivity index (χ2v) is 3.55. The average Bonchev–Trinajstić information content (AvgIpc) is 2.99. The van der Waals surface area contributed by atoms with E-state index in [1.54, 1.807) is 18.9 Å². The second-order valence-electron chi connectivity index (χ2n) is 3.55. The Bertz CT molecular complexity index is 684. The van der Waals surface area contributed by atoms with Crippen molar-refractivity contribution in [3.05, 3.63) is 43.0 Å². The lowest BCUT2D eigenvalue weighted by molar-refractivity contribution is -0.352. The van der Waals surface area contributed by atoms with Crippen molar-refractivity contribution < 1.29 is 4.98 Å². The largest absolute Gasteiger partial charge is 0.326 e. The molecule has 17 heavy (non-hydrogen) atoms. The molecular formula is C12H10N5+. The summed E-state index contributed by atoms with van der Waals surface area (Å²) < 4.78 is 1.91. The third-order valence-corrected chi connectivity index (χ3v) is 2.43. The first kappa shape index (κ1) is 9.60. The monoisotopic (exact) mass is 224 g/mol. The Labute approximate surface area is 97.6 Å². The predicted molar refractivity (Wildman–Crippen MR) is 61.8 cm³/mol. The molecular weight excluding hydrogens is 214 g/mol. The van der Waals surface area contributed by atoms with Gasteiger partial charge in [0.25, 0.3) is 0 Å². The van der Waals surface area contributed by atoms with Gasteiger partial charge in [0, 0.05) is 12.4 Å². The number of nitrogens with one attached hydrogen (secondary N) is 2. The minimum atomic E-state index is 0.617. The van der Waals surface area contributed by atoms with Crippen LogP contribution in [0.15, 0.2) is 37.3 Å². The quantitative estimate of drug-likeness (QED) is 0.616. The maximum atomic E-state index is 4.22. The van der Waals surface area contributed by atoms with Gasteiger partial charge in [-0.2, -0.15) is 0 Å². The predicted octanol–water partition coefficient (Wildman–Crippen LogP) is 0.625. The number of imidazole rings is 1. The molecule has 0 saturated heterocycles. The molecule has 0 aromatic carbocycles. The molecule has 3 aromatic heterocycles. The second kappa shape index (κ2) is 4.10. The zero-order valence-corrected chi connectivity index (χ0v) is 9.01. The summed E-state index contributed by atoms with van der Waals surface area (Å²) in [5, 5.41) is 1.01. The van der Waals surface area contributed by atoms with Crippen LogP contribution < -0.4 is 4.98 Å². The van der Waals surface area contributed by atoms with Crippen LogP contribution in [0.1, 0.15) is 5.69 Å². The molecule has 0 amide bonds. The van der Waals surface area contributed by atoms with Crippen molar-refractivity contribution in [3.8, 4) is 11.8 Å². The van der Waals surface area contributed by atoms with Gasteiger partial charge in [-0.1, -0.05) is 5.92 Å². The highest BCUT2D eigenvalue weighted by Crippen LogP contribution is 2.08. The van der Waals surface area contributed by atoms with E-state index in [9.17, 15) is 0 Å². The van der Waals surface area contributed by atoms with Crippen molar-refractivity contribution >= 4 is 11.0 Å². The van der Waals surface area contributed by atoms with Crippen LogP contribution in [0, 0.1) is 11.8 Å². The molecule has 82 valence electrons. The molecule has 0 fully saturated rings. The highest BCUT2D eigenvalue weighted by atomic mass is 15.0. The minimum Gasteiger partial charge on any atom is -0.326 e. The number of fused-ring (bicyclic) bond motifs is 1. The van der Waals surface area contributed by atoms with Gasteiger partial charge in [0.15, 0.2) is 0 Å². The van der Waals surface area contributed by atoms with Crippen LogP contribution in [0.5, 0.6) is 0 Å². The van der Waals surface area contributed by atoms with Crippen LogP contribution in [0.3, 0.4) is 0 Å². The van der Waals surface area contributed by atoms with E-state index in [4.69, 9.17) is 0 Å². The summed E-state index contributed by atoms with van der Waals surface area (Å²) in [4.78, 5) is 14.3. The molecule has 0 aliphatic heterocycles. The lowest BCUT2D eigenvalue weighted by Gasteiger charge is -1.90. The number of aromatic amines is 2. The van der Waals surface area contributed by atoms with E-state index in [1.165, 1.54) is 0 Å². The summed E-state index contributed by atoms with van der Waals surface area (Å²) in [5.41, 5.74) is 1.71. The SMILES string of the molecule is C(#Cc1nc[nH+]c2[nH]ccc12)Cn1ccnc1. The Morgan fingerprint density at radius 2 is 2.47 bits per heavy atom. The minimum absolute atomic E-state index is 0.617. The summed E-state index contributed by atoms with van der Waals surface area (Å²) >= 11 is 0. The first-order valence-electron chi connectivity index (χ1n) is 5.22. The zero-order valence-electron chi connectivity index (χ0n) is 9.01. The van der Waals surface area contributed by atoms with Gasteiger partial charge >= 0.3 is 0 Å². The van der Waals surface area contributed by atoms with Gasteiger partial charge in [0.05, 0.1) is 19.1 Å². The van der Waals surface area contributed by atoms with Gasteiger partial charge in [-0.05, 0) is 12.0 Å². The highest BCUT2D eigenvalue weighted by molar-refractivity contribution is 5.78. The van der Waals surface area contributed by atoms with Gasteiger partial charge in [-0.15, -0.1) is 4.98 Å². The molecule has 5 nitrogen and oxygen atoms in total. The van der Waals surface area contributed by atoms with Crippen molar-refractivity contribution in [2.75, 3.05) is 0 Å². The molecule has 0 unspecified atom stereocenters. The van der Waals surface area contributed by atoms with Crippen molar-refractivity contribution in [1.29, 1.82) is 0 Å². The summed E-state index contributed by atoms with van der Waals surface area (Å²) in [5.74, 6) is 6.13. The van der Waals surface area contributed by atoms with E-state index in [0.717, 1.165) is 16.7 Å². The number of rotatable bonds is 1. The topological polar surface area (TPSA) is 60.6 Å². The summed E-state index contributed by atoms with van der Waals surface area (Å²) in [6.45, 7) is 0.617. The van der Waals surface area contributed by atoms with Crippen LogP contribution in [0.25, 0.3) is 11.0 Å². The van der Waals surface area contributed by atoms with Gasteiger partial charge in [-0.25, -0.2) is 9.97 Å². The summed E-state index contributed by atoms with van der Waals surface area (Å²) in [6, 6.07) is 1.96. The Balaban J connectivity index is 1.90. The standard InChI is InChI=1S/C12H9N5/c1(6-17-7-5-13-9-17)2-11-10-3-4-14-12(10)16-8-15-11/h3-5,7-9H,6H2,(H,14,15,16)/p+1. The molecule has 2 N–H and O–H groups in total. The maximum Gasteiger partial charge on any atom is 0.235 e. The van der Waals surface area contributed by atoms with Crippen LogP contribution in [0.4, 0.5) is 0 Å². The van der Waals surface area contributed by atoms with Crippen LogP contribution >= 0.6 is 0 Å². The van der Waals surface area contributed by atoms with Crippen molar-refractivity contribution in [2.24, 2.45) is 0 Å². The Hall–Kier alpha value is -2.61. The first-order valence-corrected chi connectivity index (χ1v) is 5.22. The molecule has 0 atom stereocenters. The molecule has 3 aromatic rings. The van der Waals surface area contributed by atoms with E-state index in [2.05, 4.69) is 31.8 Å². The molecule has 0 radical (unpaired) electrons. The maximum absolute atomic E-state index is 4.22. The number of nitrogens with zero attached hydrogens (tertiary/aromatic N) is 3. The summed E-state index contributed by atoms with van der Waals surface area (Å²) in [6.07, 6.45) is 8.87. The number of hydrogen-bond donors (Lipinski definition) is 1. The third kappa shape index (κ3) is 1.88.